The summed E-state index contributed by atoms with van der Waals surface area (Å²) in [4.78, 5) is 0. The van der Waals surface area contributed by atoms with Crippen LogP contribution >= 0.6 is 0 Å². The second kappa shape index (κ2) is 20.8. The Balaban J connectivity index is 2.78. The van der Waals surface area contributed by atoms with Crippen LogP contribution in [0.25, 0.3) is 0 Å². The number of rotatable bonds is 20. The first-order valence-electron chi connectivity index (χ1n) is 13.7. The molecule has 0 aromatic heterocycles. The lowest BCUT2D eigenvalue weighted by Crippen LogP contribution is -2.22. The Hall–Kier alpha value is -1.08. The smallest absolute Gasteiger partial charge is 0.0523 e. The van der Waals surface area contributed by atoms with Gasteiger partial charge in [-0.05, 0) is 55.3 Å². The fourth-order valence-electron chi connectivity index (χ4n) is 4.57. The zero-order chi connectivity index (χ0) is 22.4. The molecule has 1 aromatic carbocycles. The van der Waals surface area contributed by atoms with Crippen molar-refractivity contribution in [3.05, 3.63) is 60.2 Å². The summed E-state index contributed by atoms with van der Waals surface area (Å²) in [5.41, 5.74) is 2.44. The molecule has 0 radical (unpaired) electrons. The molecule has 1 rings (SSSR count). The van der Waals surface area contributed by atoms with Crippen LogP contribution in [0, 0.1) is 0 Å². The van der Waals surface area contributed by atoms with Gasteiger partial charge in [0, 0.05) is 0 Å². The number of benzene rings is 1. The summed E-state index contributed by atoms with van der Waals surface area (Å²) in [6.07, 6.45) is 29.1. The highest BCUT2D eigenvalue weighted by Crippen LogP contribution is 2.30. The molecule has 176 valence electrons. The van der Waals surface area contributed by atoms with Gasteiger partial charge in [-0.1, -0.05) is 133 Å². The molecule has 0 bridgehead atoms. The fourth-order valence-corrected chi connectivity index (χ4v) is 7.98. The minimum Gasteiger partial charge on any atom is -0.0914 e. The molecule has 1 atom stereocenters. The molecular weight excluding hydrogens is 388 g/mol. The Bertz CT molecular complexity index is 523. The van der Waals surface area contributed by atoms with E-state index in [2.05, 4.69) is 75.4 Å². The first-order chi connectivity index (χ1) is 15.3. The monoisotopic (exact) mass is 440 g/mol. The van der Waals surface area contributed by atoms with Crippen LogP contribution in [0.1, 0.15) is 122 Å². The number of hydrogen-bond donors (Lipinski definition) is 0. The molecule has 0 aliphatic rings. The second-order valence-electron chi connectivity index (χ2n) is 9.39. The summed E-state index contributed by atoms with van der Waals surface area (Å²) < 4.78 is 0. The molecule has 0 aliphatic heterocycles. The molecule has 0 aliphatic carbocycles. The first-order valence-corrected chi connectivity index (χ1v) is 16.0. The highest BCUT2D eigenvalue weighted by atomic mass is 28.3. The predicted octanol–water partition coefficient (Wildman–Crippen LogP) is 10.2. The highest BCUT2D eigenvalue weighted by Gasteiger charge is 2.22. The maximum atomic E-state index is 2.56. The summed E-state index contributed by atoms with van der Waals surface area (Å²) in [7, 11) is -0.925. The average Bonchev–Trinajstić information content (AvgIpc) is 2.80. The van der Waals surface area contributed by atoms with Gasteiger partial charge in [-0.2, -0.15) is 0 Å². The van der Waals surface area contributed by atoms with E-state index in [0.717, 1.165) is 5.54 Å². The third-order valence-corrected chi connectivity index (χ3v) is 10.2. The van der Waals surface area contributed by atoms with Crippen molar-refractivity contribution in [3.8, 4) is 0 Å². The third-order valence-electron chi connectivity index (χ3n) is 6.58. The molecule has 0 amide bonds. The zero-order valence-corrected chi connectivity index (χ0v) is 22.3. The van der Waals surface area contributed by atoms with E-state index in [4.69, 9.17) is 0 Å². The molecule has 1 unspecified atom stereocenters. The van der Waals surface area contributed by atoms with E-state index in [0.29, 0.717) is 0 Å². The maximum absolute atomic E-state index is 2.56. The zero-order valence-electron chi connectivity index (χ0n) is 21.2. The van der Waals surface area contributed by atoms with E-state index in [1.165, 1.54) is 102 Å². The van der Waals surface area contributed by atoms with Crippen molar-refractivity contribution in [2.45, 2.75) is 128 Å². The Morgan fingerprint density at radius 2 is 1.13 bits per heavy atom. The molecule has 31 heavy (non-hydrogen) atoms. The van der Waals surface area contributed by atoms with Gasteiger partial charge in [0.15, 0.2) is 0 Å². The Morgan fingerprint density at radius 3 is 1.68 bits per heavy atom. The van der Waals surface area contributed by atoms with Gasteiger partial charge < -0.3 is 0 Å². The van der Waals surface area contributed by atoms with Crippen molar-refractivity contribution in [2.24, 2.45) is 0 Å². The largest absolute Gasteiger partial charge is 0.0914 e. The van der Waals surface area contributed by atoms with Gasteiger partial charge in [0.1, 0.15) is 0 Å². The minimum absolute atomic E-state index is 0.823. The molecule has 0 saturated carbocycles. The van der Waals surface area contributed by atoms with Gasteiger partial charge >= 0.3 is 0 Å². The topological polar surface area (TPSA) is 0 Å². The lowest BCUT2D eigenvalue weighted by Gasteiger charge is -2.25. The van der Waals surface area contributed by atoms with E-state index < -0.39 is 8.80 Å². The lowest BCUT2D eigenvalue weighted by molar-refractivity contribution is 0.597. The van der Waals surface area contributed by atoms with Crippen molar-refractivity contribution >= 4 is 8.80 Å². The van der Waals surface area contributed by atoms with E-state index >= 15 is 0 Å². The average molecular weight is 441 g/mol. The number of hydrogen-bond acceptors (Lipinski definition) is 0. The maximum Gasteiger partial charge on any atom is 0.0523 e. The van der Waals surface area contributed by atoms with Gasteiger partial charge in [-0.25, -0.2) is 0 Å². The van der Waals surface area contributed by atoms with Crippen molar-refractivity contribution in [1.29, 1.82) is 0 Å². The van der Waals surface area contributed by atoms with Gasteiger partial charge in [0.25, 0.3) is 0 Å². The predicted molar refractivity (Wildman–Crippen MR) is 146 cm³/mol. The van der Waals surface area contributed by atoms with E-state index in [-0.39, 0.29) is 0 Å². The minimum atomic E-state index is -0.925. The summed E-state index contributed by atoms with van der Waals surface area (Å²) in [5.74, 6) is 0. The van der Waals surface area contributed by atoms with Crippen LogP contribution in [0.2, 0.25) is 12.1 Å². The molecule has 1 aromatic rings. The van der Waals surface area contributed by atoms with E-state index in [9.17, 15) is 0 Å². The van der Waals surface area contributed by atoms with Gasteiger partial charge in [0.05, 0.1) is 8.80 Å². The van der Waals surface area contributed by atoms with Crippen LogP contribution in [0.4, 0.5) is 0 Å². The Labute approximate surface area is 197 Å². The first kappa shape index (κ1) is 28.0. The molecule has 0 spiro atoms. The van der Waals surface area contributed by atoms with Gasteiger partial charge in [-0.3, -0.25) is 0 Å². The fraction of sp³-hybridized carbons (Fsp3) is 0.667. The van der Waals surface area contributed by atoms with Crippen molar-refractivity contribution in [3.63, 3.8) is 0 Å². The van der Waals surface area contributed by atoms with Crippen molar-refractivity contribution < 1.29 is 0 Å². The quantitative estimate of drug-likeness (QED) is 0.107. The van der Waals surface area contributed by atoms with Crippen LogP contribution in [0.5, 0.6) is 0 Å². The van der Waals surface area contributed by atoms with Crippen molar-refractivity contribution in [2.75, 3.05) is 0 Å². The van der Waals surface area contributed by atoms with Gasteiger partial charge in [0.2, 0.25) is 0 Å². The number of allylic oxidation sites excluding steroid dienone is 4. The standard InChI is InChI=1S/C30H52Si/c1-4-7-10-13-16-22-27-31(28-23-17-14-11-8-5-2)30(26-21-15-12-9-6-3)29-24-19-18-20-25-29/h16-20,22-25,30-31H,4-15,21,26-28H2,1-3H3. The summed E-state index contributed by atoms with van der Waals surface area (Å²) in [6.45, 7) is 6.91. The highest BCUT2D eigenvalue weighted by molar-refractivity contribution is 6.61. The molecule has 0 N–H and O–H groups in total. The summed E-state index contributed by atoms with van der Waals surface area (Å²) in [6, 6.07) is 14.2. The SMILES string of the molecule is CCCCCC=CC[SiH](CC=CCCCCC)C(CCCCCCC)c1ccccc1. The van der Waals surface area contributed by atoms with Crippen LogP contribution in [0.3, 0.4) is 0 Å². The molecule has 0 saturated heterocycles. The Morgan fingerprint density at radius 1 is 0.613 bits per heavy atom. The number of unbranched alkanes of at least 4 members (excludes halogenated alkanes) is 10. The molecule has 0 heterocycles. The normalized spacial score (nSPS) is 13.9. The van der Waals surface area contributed by atoms with E-state index in [1.807, 2.05) is 0 Å². The second-order valence-corrected chi connectivity index (χ2v) is 12.7. The molecular formula is C30H52Si. The van der Waals surface area contributed by atoms with Crippen molar-refractivity contribution in [1.82, 2.24) is 0 Å². The van der Waals surface area contributed by atoms with Gasteiger partial charge in [-0.15, -0.1) is 0 Å². The van der Waals surface area contributed by atoms with E-state index in [1.54, 1.807) is 5.56 Å². The molecule has 0 nitrogen and oxygen atoms in total. The Kier molecular flexibility index (Phi) is 18.8. The summed E-state index contributed by atoms with van der Waals surface area (Å²) >= 11 is 0. The van der Waals surface area contributed by atoms with Crippen LogP contribution < -0.4 is 0 Å². The molecule has 0 fully saturated rings. The third kappa shape index (κ3) is 14.6. The molecule has 1 heteroatoms. The van der Waals surface area contributed by atoms with Crippen LogP contribution in [0.15, 0.2) is 54.6 Å². The van der Waals surface area contributed by atoms with Crippen LogP contribution in [-0.4, -0.2) is 8.80 Å². The summed E-state index contributed by atoms with van der Waals surface area (Å²) in [5, 5.41) is 0. The lowest BCUT2D eigenvalue weighted by atomic mass is 10.0. The van der Waals surface area contributed by atoms with Crippen LogP contribution in [-0.2, 0) is 0 Å².